The molecule has 5 heteroatoms. The summed E-state index contributed by atoms with van der Waals surface area (Å²) in [6.07, 6.45) is 3.01. The number of hydrogen-bond donors (Lipinski definition) is 2. The molecule has 2 aliphatic rings. The smallest absolute Gasteiger partial charge is 0.254 e. The van der Waals surface area contributed by atoms with Gasteiger partial charge in [-0.05, 0) is 55.5 Å². The fourth-order valence-corrected chi connectivity index (χ4v) is 4.33. The number of aryl methyl sites for hydroxylation is 1. The average Bonchev–Trinajstić information content (AvgIpc) is 2.73. The maximum atomic E-state index is 13.6. The van der Waals surface area contributed by atoms with Crippen molar-refractivity contribution < 1.29 is 14.0 Å². The van der Waals surface area contributed by atoms with Crippen molar-refractivity contribution in [1.82, 2.24) is 5.32 Å². The topological polar surface area (TPSA) is 58.2 Å². The molecular formula is C25H25FN2O2. The zero-order valence-corrected chi connectivity index (χ0v) is 17.2. The number of halogens is 1. The van der Waals surface area contributed by atoms with E-state index in [1.165, 1.54) is 17.7 Å². The Morgan fingerprint density at radius 3 is 2.63 bits per heavy atom. The van der Waals surface area contributed by atoms with Gasteiger partial charge in [0.05, 0.1) is 0 Å². The minimum atomic E-state index is -0.437. The first kappa shape index (κ1) is 20.1. The van der Waals surface area contributed by atoms with Crippen LogP contribution in [-0.2, 0) is 16.0 Å². The third-order valence-corrected chi connectivity index (χ3v) is 5.82. The van der Waals surface area contributed by atoms with E-state index in [0.717, 1.165) is 36.2 Å². The lowest BCUT2D eigenvalue weighted by molar-refractivity contribution is -0.116. The second-order valence-corrected chi connectivity index (χ2v) is 7.83. The summed E-state index contributed by atoms with van der Waals surface area (Å²) in [5, 5.41) is 6.11. The summed E-state index contributed by atoms with van der Waals surface area (Å²) in [4.78, 5) is 26.2. The molecule has 154 valence electrons. The van der Waals surface area contributed by atoms with Gasteiger partial charge in [0.25, 0.3) is 5.91 Å². The Labute approximate surface area is 175 Å². The lowest BCUT2D eigenvalue weighted by atomic mass is 9.75. The molecule has 30 heavy (non-hydrogen) atoms. The summed E-state index contributed by atoms with van der Waals surface area (Å²) in [5.41, 5.74) is 5.31. The van der Waals surface area contributed by atoms with Crippen molar-refractivity contribution in [2.75, 3.05) is 5.32 Å². The molecule has 2 N–H and O–H groups in total. The molecular weight excluding hydrogens is 379 g/mol. The van der Waals surface area contributed by atoms with Crippen LogP contribution >= 0.6 is 0 Å². The maximum Gasteiger partial charge on any atom is 0.254 e. The van der Waals surface area contributed by atoms with Gasteiger partial charge in [0.15, 0.2) is 5.78 Å². The van der Waals surface area contributed by atoms with Gasteiger partial charge in [-0.25, -0.2) is 4.39 Å². The molecule has 0 fully saturated rings. The average molecular weight is 404 g/mol. The van der Waals surface area contributed by atoms with Gasteiger partial charge in [-0.3, -0.25) is 9.59 Å². The number of carbonyl (C=O) groups is 2. The summed E-state index contributed by atoms with van der Waals surface area (Å²) in [6, 6.07) is 13.9. The normalized spacial score (nSPS) is 18.8. The Morgan fingerprint density at radius 2 is 1.93 bits per heavy atom. The number of ketones is 1. The van der Waals surface area contributed by atoms with Crippen molar-refractivity contribution in [3.63, 3.8) is 0 Å². The summed E-state index contributed by atoms with van der Waals surface area (Å²) in [7, 11) is 0. The van der Waals surface area contributed by atoms with Crippen LogP contribution in [0.2, 0.25) is 0 Å². The fourth-order valence-electron chi connectivity index (χ4n) is 4.33. The first-order valence-electron chi connectivity index (χ1n) is 10.4. The Kier molecular flexibility index (Phi) is 5.53. The van der Waals surface area contributed by atoms with Crippen LogP contribution < -0.4 is 10.6 Å². The monoisotopic (exact) mass is 404 g/mol. The van der Waals surface area contributed by atoms with E-state index in [9.17, 15) is 14.0 Å². The number of nitrogens with one attached hydrogen (secondary N) is 2. The molecule has 1 aliphatic heterocycles. The van der Waals surface area contributed by atoms with Gasteiger partial charge in [-0.2, -0.15) is 0 Å². The summed E-state index contributed by atoms with van der Waals surface area (Å²) < 4.78 is 13.6. The molecule has 0 radical (unpaired) electrons. The molecule has 1 heterocycles. The number of Topliss-reactive ketones (excluding diaryl/α,β-unsaturated/α-hetero) is 1. The first-order valence-corrected chi connectivity index (χ1v) is 10.4. The van der Waals surface area contributed by atoms with Crippen LogP contribution in [0.3, 0.4) is 0 Å². The number of anilines is 1. The fraction of sp³-hybridized carbons (Fsp3) is 0.280. The second-order valence-electron chi connectivity index (χ2n) is 7.83. The van der Waals surface area contributed by atoms with Crippen LogP contribution in [0.5, 0.6) is 0 Å². The van der Waals surface area contributed by atoms with E-state index in [0.29, 0.717) is 23.3 Å². The second kappa shape index (κ2) is 8.27. The molecule has 2 aromatic carbocycles. The van der Waals surface area contributed by atoms with Gasteiger partial charge in [-0.1, -0.05) is 37.3 Å². The third-order valence-electron chi connectivity index (χ3n) is 5.82. The van der Waals surface area contributed by atoms with Gasteiger partial charge in [0, 0.05) is 40.6 Å². The lowest BCUT2D eigenvalue weighted by Gasteiger charge is -2.34. The van der Waals surface area contributed by atoms with Crippen molar-refractivity contribution in [3.05, 3.63) is 88.0 Å². The van der Waals surface area contributed by atoms with Crippen LogP contribution in [0.15, 0.2) is 71.1 Å². The molecule has 0 bridgehead atoms. The molecule has 0 aromatic heterocycles. The summed E-state index contributed by atoms with van der Waals surface area (Å²) >= 11 is 0. The SMILES string of the molecule is CCc1ccc([C@H]2C(C(=O)Nc3cccc(F)c3)=C(C)NC3=C2C(=O)CCC3)cc1. The van der Waals surface area contributed by atoms with Crippen LogP contribution in [0.1, 0.15) is 50.2 Å². The van der Waals surface area contributed by atoms with Crippen molar-refractivity contribution in [1.29, 1.82) is 0 Å². The van der Waals surface area contributed by atoms with E-state index in [4.69, 9.17) is 0 Å². The predicted molar refractivity (Wildman–Crippen MR) is 115 cm³/mol. The Bertz CT molecular complexity index is 1070. The van der Waals surface area contributed by atoms with E-state index >= 15 is 0 Å². The lowest BCUT2D eigenvalue weighted by Crippen LogP contribution is -2.35. The number of dihydropyridines is 1. The summed E-state index contributed by atoms with van der Waals surface area (Å²) in [6.45, 7) is 3.95. The molecule has 1 aliphatic carbocycles. The number of rotatable bonds is 4. The Balaban J connectivity index is 1.77. The van der Waals surface area contributed by atoms with Crippen molar-refractivity contribution in [2.24, 2.45) is 0 Å². The van der Waals surface area contributed by atoms with E-state index in [-0.39, 0.29) is 11.7 Å². The van der Waals surface area contributed by atoms with Crippen molar-refractivity contribution in [3.8, 4) is 0 Å². The number of amides is 1. The minimum absolute atomic E-state index is 0.0804. The molecule has 2 aromatic rings. The van der Waals surface area contributed by atoms with Gasteiger partial charge in [-0.15, -0.1) is 0 Å². The molecule has 4 rings (SSSR count). The standard InChI is InChI=1S/C25H25FN2O2/c1-3-16-10-12-17(13-11-16)23-22(25(30)28-19-7-4-6-18(26)14-19)15(2)27-20-8-5-9-21(29)24(20)23/h4,6-7,10-14,23,27H,3,5,8-9H2,1-2H3,(H,28,30)/t23-/m0/s1. The minimum Gasteiger partial charge on any atom is -0.362 e. The van der Waals surface area contributed by atoms with Crippen LogP contribution in [0.4, 0.5) is 10.1 Å². The Hall–Kier alpha value is -3.21. The third kappa shape index (κ3) is 3.80. The van der Waals surface area contributed by atoms with Gasteiger partial charge < -0.3 is 10.6 Å². The Morgan fingerprint density at radius 1 is 1.17 bits per heavy atom. The zero-order chi connectivity index (χ0) is 21.3. The molecule has 1 amide bonds. The molecule has 4 nitrogen and oxygen atoms in total. The molecule has 0 saturated heterocycles. The number of hydrogen-bond acceptors (Lipinski definition) is 3. The maximum absolute atomic E-state index is 13.6. The summed E-state index contributed by atoms with van der Waals surface area (Å²) in [5.74, 6) is -1.11. The molecule has 0 spiro atoms. The largest absolute Gasteiger partial charge is 0.362 e. The van der Waals surface area contributed by atoms with Crippen molar-refractivity contribution >= 4 is 17.4 Å². The highest BCUT2D eigenvalue weighted by Crippen LogP contribution is 2.42. The van der Waals surface area contributed by atoms with E-state index < -0.39 is 11.7 Å². The highest BCUT2D eigenvalue weighted by atomic mass is 19.1. The quantitative estimate of drug-likeness (QED) is 0.754. The molecule has 0 saturated carbocycles. The van der Waals surface area contributed by atoms with Gasteiger partial charge in [0.2, 0.25) is 0 Å². The molecule has 1 atom stereocenters. The highest BCUT2D eigenvalue weighted by molar-refractivity contribution is 6.09. The number of allylic oxidation sites excluding steroid dienone is 3. The van der Waals surface area contributed by atoms with Crippen LogP contribution in [0, 0.1) is 5.82 Å². The van der Waals surface area contributed by atoms with Crippen molar-refractivity contribution in [2.45, 2.75) is 45.4 Å². The predicted octanol–water partition coefficient (Wildman–Crippen LogP) is 4.99. The van der Waals surface area contributed by atoms with Gasteiger partial charge >= 0.3 is 0 Å². The van der Waals surface area contributed by atoms with E-state index in [2.05, 4.69) is 17.6 Å². The van der Waals surface area contributed by atoms with E-state index in [1.54, 1.807) is 12.1 Å². The number of benzene rings is 2. The highest BCUT2D eigenvalue weighted by Gasteiger charge is 2.38. The number of carbonyl (C=O) groups excluding carboxylic acids is 2. The van der Waals surface area contributed by atoms with Crippen LogP contribution in [0.25, 0.3) is 0 Å². The molecule has 0 unspecified atom stereocenters. The van der Waals surface area contributed by atoms with E-state index in [1.807, 2.05) is 31.2 Å². The first-order chi connectivity index (χ1) is 14.5. The van der Waals surface area contributed by atoms with Gasteiger partial charge in [0.1, 0.15) is 5.82 Å². The van der Waals surface area contributed by atoms with Crippen LogP contribution in [-0.4, -0.2) is 11.7 Å². The zero-order valence-electron chi connectivity index (χ0n) is 17.2.